The van der Waals surface area contributed by atoms with E-state index < -0.39 is 0 Å². The van der Waals surface area contributed by atoms with Crippen LogP contribution in [-0.2, 0) is 19.4 Å². The Morgan fingerprint density at radius 3 is 2.70 bits per heavy atom. The van der Waals surface area contributed by atoms with E-state index in [2.05, 4.69) is 35.6 Å². The second-order valence-corrected chi connectivity index (χ2v) is 6.11. The van der Waals surface area contributed by atoms with E-state index in [1.54, 1.807) is 0 Å². The number of carbonyl (C=O) groups is 1. The van der Waals surface area contributed by atoms with Gasteiger partial charge in [-0.05, 0) is 48.1 Å². The van der Waals surface area contributed by atoms with Gasteiger partial charge in [-0.1, -0.05) is 30.3 Å². The summed E-state index contributed by atoms with van der Waals surface area (Å²) in [4.78, 5) is 15.0. The highest BCUT2D eigenvalue weighted by Crippen LogP contribution is 2.28. The molecule has 2 heterocycles. The number of nitrogens with zero attached hydrogens (tertiary/aromatic N) is 1. The normalized spacial score (nSPS) is 15.7. The molecule has 4 rings (SSSR count). The molecule has 120 valence electrons. The third-order valence-electron chi connectivity index (χ3n) is 4.74. The molecule has 0 bridgehead atoms. The number of benzene rings is 2. The van der Waals surface area contributed by atoms with Gasteiger partial charge in [0.1, 0.15) is 0 Å². The molecule has 2 aromatic carbocycles. The minimum Gasteiger partial charge on any atom is -0.385 e. The molecule has 0 fully saturated rings. The molecule has 0 saturated carbocycles. The lowest BCUT2D eigenvalue weighted by molar-refractivity contribution is 0.0733. The fourth-order valence-corrected chi connectivity index (χ4v) is 3.55. The number of nitrogens with one attached hydrogen (secondary N) is 1. The molecule has 0 aliphatic carbocycles. The molecule has 3 nitrogen and oxygen atoms in total. The molecule has 0 spiro atoms. The van der Waals surface area contributed by atoms with Gasteiger partial charge in [0.05, 0.1) is 0 Å². The number of carbonyl (C=O) groups excluding carboxylic acids is 1. The SMILES string of the molecule is Cl.O=C(c1cccc2c1CCCN2)N1CCc2ccccc2C1. The van der Waals surface area contributed by atoms with Crippen LogP contribution in [0, 0.1) is 0 Å². The largest absolute Gasteiger partial charge is 0.385 e. The van der Waals surface area contributed by atoms with Crippen LogP contribution in [0.25, 0.3) is 0 Å². The van der Waals surface area contributed by atoms with Crippen LogP contribution in [0.4, 0.5) is 5.69 Å². The number of hydrogen-bond acceptors (Lipinski definition) is 2. The topological polar surface area (TPSA) is 32.3 Å². The van der Waals surface area contributed by atoms with Crippen LogP contribution >= 0.6 is 12.4 Å². The lowest BCUT2D eigenvalue weighted by atomic mass is 9.95. The Bertz CT molecular complexity index is 729. The van der Waals surface area contributed by atoms with E-state index in [-0.39, 0.29) is 18.3 Å². The third kappa shape index (κ3) is 2.93. The minimum atomic E-state index is 0. The van der Waals surface area contributed by atoms with E-state index in [1.807, 2.05) is 17.0 Å². The maximum absolute atomic E-state index is 13.0. The van der Waals surface area contributed by atoms with Crippen molar-refractivity contribution in [1.29, 1.82) is 0 Å². The molecule has 23 heavy (non-hydrogen) atoms. The summed E-state index contributed by atoms with van der Waals surface area (Å²) in [7, 11) is 0. The van der Waals surface area contributed by atoms with Gasteiger partial charge in [0, 0.05) is 30.9 Å². The lowest BCUT2D eigenvalue weighted by Crippen LogP contribution is -2.36. The van der Waals surface area contributed by atoms with Gasteiger partial charge in [-0.15, -0.1) is 12.4 Å². The molecule has 2 aliphatic heterocycles. The Balaban J connectivity index is 0.00000156. The average molecular weight is 329 g/mol. The van der Waals surface area contributed by atoms with Gasteiger partial charge in [-0.2, -0.15) is 0 Å². The molecular formula is C19H21ClN2O. The Kier molecular flexibility index (Phi) is 4.58. The fourth-order valence-electron chi connectivity index (χ4n) is 3.55. The van der Waals surface area contributed by atoms with Crippen LogP contribution in [0.1, 0.15) is 33.5 Å². The number of amides is 1. The highest BCUT2D eigenvalue weighted by atomic mass is 35.5. The van der Waals surface area contributed by atoms with Gasteiger partial charge in [0.15, 0.2) is 0 Å². The van der Waals surface area contributed by atoms with Crippen molar-refractivity contribution in [3.8, 4) is 0 Å². The third-order valence-corrected chi connectivity index (χ3v) is 4.74. The number of anilines is 1. The van der Waals surface area contributed by atoms with Gasteiger partial charge >= 0.3 is 0 Å². The van der Waals surface area contributed by atoms with Gasteiger partial charge in [0.2, 0.25) is 0 Å². The van der Waals surface area contributed by atoms with E-state index in [0.29, 0.717) is 0 Å². The highest BCUT2D eigenvalue weighted by molar-refractivity contribution is 5.97. The van der Waals surface area contributed by atoms with E-state index in [4.69, 9.17) is 0 Å². The van der Waals surface area contributed by atoms with Gasteiger partial charge < -0.3 is 10.2 Å². The van der Waals surface area contributed by atoms with Gasteiger partial charge in [-0.25, -0.2) is 0 Å². The molecule has 0 radical (unpaired) electrons. The van der Waals surface area contributed by atoms with Crippen molar-refractivity contribution in [2.24, 2.45) is 0 Å². The molecule has 0 atom stereocenters. The Labute approximate surface area is 143 Å². The first-order valence-corrected chi connectivity index (χ1v) is 8.05. The average Bonchev–Trinajstić information content (AvgIpc) is 2.60. The Morgan fingerprint density at radius 1 is 1.00 bits per heavy atom. The zero-order valence-corrected chi connectivity index (χ0v) is 13.9. The molecule has 4 heteroatoms. The second kappa shape index (κ2) is 6.63. The Morgan fingerprint density at radius 2 is 1.83 bits per heavy atom. The predicted molar refractivity (Wildman–Crippen MR) is 95.4 cm³/mol. The zero-order chi connectivity index (χ0) is 14.9. The van der Waals surface area contributed by atoms with E-state index in [1.165, 1.54) is 16.7 Å². The maximum Gasteiger partial charge on any atom is 0.254 e. The van der Waals surface area contributed by atoms with Crippen LogP contribution in [0.2, 0.25) is 0 Å². The first kappa shape index (κ1) is 15.9. The molecule has 1 N–H and O–H groups in total. The van der Waals surface area contributed by atoms with Crippen LogP contribution in [-0.4, -0.2) is 23.9 Å². The summed E-state index contributed by atoms with van der Waals surface area (Å²) in [5, 5.41) is 3.41. The van der Waals surface area contributed by atoms with Crippen LogP contribution in [0.5, 0.6) is 0 Å². The second-order valence-electron chi connectivity index (χ2n) is 6.11. The molecule has 2 aromatic rings. The van der Waals surface area contributed by atoms with Crippen LogP contribution in [0.15, 0.2) is 42.5 Å². The lowest BCUT2D eigenvalue weighted by Gasteiger charge is -2.30. The summed E-state index contributed by atoms with van der Waals surface area (Å²) in [6, 6.07) is 14.5. The number of halogens is 1. The highest BCUT2D eigenvalue weighted by Gasteiger charge is 2.24. The molecule has 0 aromatic heterocycles. The molecule has 0 unspecified atom stereocenters. The van der Waals surface area contributed by atoms with Gasteiger partial charge in [0.25, 0.3) is 5.91 Å². The van der Waals surface area contributed by atoms with E-state index in [0.717, 1.165) is 50.1 Å². The van der Waals surface area contributed by atoms with Crippen molar-refractivity contribution < 1.29 is 4.79 Å². The summed E-state index contributed by atoms with van der Waals surface area (Å²) in [5.41, 5.74) is 5.87. The summed E-state index contributed by atoms with van der Waals surface area (Å²) in [5.74, 6) is 0.176. The van der Waals surface area contributed by atoms with Crippen molar-refractivity contribution in [3.63, 3.8) is 0 Å². The quantitative estimate of drug-likeness (QED) is 0.866. The number of hydrogen-bond donors (Lipinski definition) is 1. The van der Waals surface area contributed by atoms with Crippen LogP contribution < -0.4 is 5.32 Å². The van der Waals surface area contributed by atoms with Crippen molar-refractivity contribution in [2.75, 3.05) is 18.4 Å². The first-order chi connectivity index (χ1) is 10.8. The summed E-state index contributed by atoms with van der Waals surface area (Å²) in [6.45, 7) is 2.54. The van der Waals surface area contributed by atoms with Crippen molar-refractivity contribution in [2.45, 2.75) is 25.8 Å². The number of fused-ring (bicyclic) bond motifs is 2. The van der Waals surface area contributed by atoms with E-state index in [9.17, 15) is 4.79 Å². The van der Waals surface area contributed by atoms with Crippen molar-refractivity contribution in [1.82, 2.24) is 4.90 Å². The zero-order valence-electron chi connectivity index (χ0n) is 13.0. The smallest absolute Gasteiger partial charge is 0.254 e. The molecule has 2 aliphatic rings. The van der Waals surface area contributed by atoms with Crippen LogP contribution in [0.3, 0.4) is 0 Å². The summed E-state index contributed by atoms with van der Waals surface area (Å²) < 4.78 is 0. The van der Waals surface area contributed by atoms with E-state index >= 15 is 0 Å². The molecular weight excluding hydrogens is 308 g/mol. The summed E-state index contributed by atoms with van der Waals surface area (Å²) in [6.07, 6.45) is 3.05. The van der Waals surface area contributed by atoms with Crippen molar-refractivity contribution in [3.05, 3.63) is 64.7 Å². The minimum absolute atomic E-state index is 0. The number of rotatable bonds is 1. The first-order valence-electron chi connectivity index (χ1n) is 8.05. The fraction of sp³-hybridized carbons (Fsp3) is 0.316. The molecule has 1 amide bonds. The monoisotopic (exact) mass is 328 g/mol. The predicted octanol–water partition coefficient (Wildman–Crippen LogP) is 3.67. The standard InChI is InChI=1S/C19H20N2O.ClH/c22-19(17-7-3-9-18-16(17)8-4-11-20-18)21-12-10-14-5-1-2-6-15(14)13-21;/h1-3,5-7,9,20H,4,8,10-13H2;1H. The van der Waals surface area contributed by atoms with Crippen molar-refractivity contribution >= 4 is 24.0 Å². The Hall–Kier alpha value is -2.00. The van der Waals surface area contributed by atoms with Gasteiger partial charge in [-0.3, -0.25) is 4.79 Å². The summed E-state index contributed by atoms with van der Waals surface area (Å²) >= 11 is 0. The maximum atomic E-state index is 13.0. The molecule has 0 saturated heterocycles.